The lowest BCUT2D eigenvalue weighted by molar-refractivity contribution is -0.122. The van der Waals surface area contributed by atoms with Crippen LogP contribution in [0.5, 0.6) is 0 Å². The highest BCUT2D eigenvalue weighted by Crippen LogP contribution is 2.33. The minimum atomic E-state index is -3.76. The molecule has 0 saturated carbocycles. The van der Waals surface area contributed by atoms with Crippen LogP contribution in [0, 0.1) is 13.8 Å². The highest BCUT2D eigenvalue weighted by Gasteiger charge is 2.34. The molecular weight excluding hydrogens is 398 g/mol. The van der Waals surface area contributed by atoms with Crippen molar-refractivity contribution in [2.24, 2.45) is 5.14 Å². The van der Waals surface area contributed by atoms with Gasteiger partial charge in [-0.2, -0.15) is 0 Å². The fourth-order valence-corrected chi connectivity index (χ4v) is 4.40. The van der Waals surface area contributed by atoms with Crippen LogP contribution in [-0.4, -0.2) is 35.6 Å². The number of amides is 2. The Bertz CT molecular complexity index is 1110. The number of benzene rings is 1. The van der Waals surface area contributed by atoms with Gasteiger partial charge < -0.3 is 4.57 Å². The van der Waals surface area contributed by atoms with Gasteiger partial charge in [0.1, 0.15) is 0 Å². The average Bonchev–Trinajstić information content (AvgIpc) is 3.05. The van der Waals surface area contributed by atoms with Gasteiger partial charge in [-0.25, -0.2) is 13.6 Å². The summed E-state index contributed by atoms with van der Waals surface area (Å²) in [6.45, 7) is 7.53. The SMILES string of the molecule is C=CCN1C(=O)SC(=Cc2cc(C)n(-c3ccc(S(N)(=O)=O)cc3)c2C)C1=O. The highest BCUT2D eigenvalue weighted by atomic mass is 32.2. The van der Waals surface area contributed by atoms with E-state index in [0.717, 1.165) is 39.3 Å². The van der Waals surface area contributed by atoms with Gasteiger partial charge in [-0.1, -0.05) is 6.08 Å². The Morgan fingerprint density at radius 3 is 2.39 bits per heavy atom. The number of aromatic nitrogens is 1. The summed E-state index contributed by atoms with van der Waals surface area (Å²) >= 11 is 0.902. The summed E-state index contributed by atoms with van der Waals surface area (Å²) in [7, 11) is -3.76. The van der Waals surface area contributed by atoms with E-state index in [9.17, 15) is 18.0 Å². The Balaban J connectivity index is 1.98. The Morgan fingerprint density at radius 1 is 1.18 bits per heavy atom. The molecule has 9 heteroatoms. The van der Waals surface area contributed by atoms with Crippen molar-refractivity contribution in [3.8, 4) is 5.69 Å². The van der Waals surface area contributed by atoms with Crippen LogP contribution in [0.4, 0.5) is 4.79 Å². The van der Waals surface area contributed by atoms with Gasteiger partial charge in [-0.15, -0.1) is 6.58 Å². The first kappa shape index (κ1) is 20.1. The van der Waals surface area contributed by atoms with Gasteiger partial charge in [0, 0.05) is 23.6 Å². The number of imide groups is 1. The molecule has 2 heterocycles. The zero-order valence-electron chi connectivity index (χ0n) is 15.4. The summed E-state index contributed by atoms with van der Waals surface area (Å²) in [5.74, 6) is -0.336. The highest BCUT2D eigenvalue weighted by molar-refractivity contribution is 8.18. The van der Waals surface area contributed by atoms with E-state index in [0.29, 0.717) is 4.91 Å². The Morgan fingerprint density at radius 2 is 1.82 bits per heavy atom. The zero-order valence-corrected chi connectivity index (χ0v) is 17.0. The Hall–Kier alpha value is -2.62. The molecule has 1 saturated heterocycles. The zero-order chi connectivity index (χ0) is 20.6. The molecule has 1 aromatic heterocycles. The summed E-state index contributed by atoms with van der Waals surface area (Å²) in [4.78, 5) is 25.9. The fourth-order valence-electron chi connectivity index (χ4n) is 3.04. The maximum absolute atomic E-state index is 12.4. The number of hydrogen-bond donors (Lipinski definition) is 1. The van der Waals surface area contributed by atoms with Gasteiger partial charge in [-0.3, -0.25) is 14.5 Å². The molecule has 146 valence electrons. The standard InChI is InChI=1S/C19H19N3O4S2/c1-4-9-21-18(23)17(27-19(21)24)11-14-10-12(2)22(13(14)3)15-5-7-16(8-6-15)28(20,25)26/h4-8,10-11H,1,9H2,2-3H3,(H2,20,25,26). The molecule has 0 unspecified atom stereocenters. The van der Waals surface area contributed by atoms with Crippen molar-refractivity contribution >= 4 is 39.0 Å². The number of nitrogens with two attached hydrogens (primary N) is 1. The number of hydrogen-bond acceptors (Lipinski definition) is 5. The molecule has 2 N–H and O–H groups in total. The lowest BCUT2D eigenvalue weighted by Gasteiger charge is -2.10. The topological polar surface area (TPSA) is 102 Å². The summed E-state index contributed by atoms with van der Waals surface area (Å²) in [6.07, 6.45) is 3.21. The number of rotatable bonds is 5. The van der Waals surface area contributed by atoms with Crippen LogP contribution in [0.15, 0.2) is 52.8 Å². The van der Waals surface area contributed by atoms with Crippen LogP contribution in [0.1, 0.15) is 17.0 Å². The van der Waals surface area contributed by atoms with Crippen LogP contribution in [0.3, 0.4) is 0 Å². The molecule has 1 fully saturated rings. The third kappa shape index (κ3) is 3.68. The van der Waals surface area contributed by atoms with Crippen molar-refractivity contribution in [2.75, 3.05) is 6.54 Å². The van der Waals surface area contributed by atoms with E-state index in [1.54, 1.807) is 18.2 Å². The third-order valence-corrected chi connectivity index (χ3v) is 6.20. The normalized spacial score (nSPS) is 16.2. The molecular formula is C19H19N3O4S2. The Labute approximate surface area is 167 Å². The van der Waals surface area contributed by atoms with E-state index in [1.165, 1.54) is 18.2 Å². The molecule has 2 aromatic rings. The molecule has 3 rings (SSSR count). The lowest BCUT2D eigenvalue weighted by Crippen LogP contribution is -2.27. The monoisotopic (exact) mass is 417 g/mol. The molecule has 0 spiro atoms. The second kappa shape index (κ2) is 7.42. The lowest BCUT2D eigenvalue weighted by atomic mass is 10.2. The number of nitrogens with zero attached hydrogens (tertiary/aromatic N) is 2. The molecule has 1 aliphatic rings. The number of thioether (sulfide) groups is 1. The molecule has 1 aromatic carbocycles. The van der Waals surface area contributed by atoms with E-state index in [4.69, 9.17) is 5.14 Å². The van der Waals surface area contributed by atoms with Crippen LogP contribution >= 0.6 is 11.8 Å². The van der Waals surface area contributed by atoms with Gasteiger partial charge in [-0.05, 0) is 67.6 Å². The van der Waals surface area contributed by atoms with Gasteiger partial charge in [0.15, 0.2) is 0 Å². The van der Waals surface area contributed by atoms with E-state index in [-0.39, 0.29) is 22.6 Å². The predicted molar refractivity (Wildman–Crippen MR) is 109 cm³/mol. The van der Waals surface area contributed by atoms with E-state index >= 15 is 0 Å². The summed E-state index contributed by atoms with van der Waals surface area (Å²) < 4.78 is 24.8. The second-order valence-corrected chi connectivity index (χ2v) is 8.84. The van der Waals surface area contributed by atoms with Crippen molar-refractivity contribution in [3.05, 3.63) is 64.8 Å². The van der Waals surface area contributed by atoms with Crippen molar-refractivity contribution < 1.29 is 18.0 Å². The van der Waals surface area contributed by atoms with Crippen molar-refractivity contribution in [3.63, 3.8) is 0 Å². The number of aryl methyl sites for hydroxylation is 1. The first-order valence-electron chi connectivity index (χ1n) is 8.32. The molecule has 0 bridgehead atoms. The molecule has 0 radical (unpaired) electrons. The minimum Gasteiger partial charge on any atom is -0.318 e. The molecule has 0 atom stereocenters. The molecule has 28 heavy (non-hydrogen) atoms. The fraction of sp³-hybridized carbons (Fsp3) is 0.158. The smallest absolute Gasteiger partial charge is 0.293 e. The van der Waals surface area contributed by atoms with Crippen LogP contribution < -0.4 is 5.14 Å². The van der Waals surface area contributed by atoms with Gasteiger partial charge >= 0.3 is 0 Å². The molecule has 1 aliphatic heterocycles. The maximum atomic E-state index is 12.4. The molecule has 2 amide bonds. The number of primary sulfonamides is 1. The summed E-state index contributed by atoms with van der Waals surface area (Å²) in [5, 5.41) is 4.83. The van der Waals surface area contributed by atoms with Gasteiger partial charge in [0.25, 0.3) is 11.1 Å². The number of carbonyl (C=O) groups is 2. The third-order valence-electron chi connectivity index (χ3n) is 4.37. The molecule has 0 aliphatic carbocycles. The predicted octanol–water partition coefficient (Wildman–Crippen LogP) is 2.96. The quantitative estimate of drug-likeness (QED) is 0.595. The number of sulfonamides is 1. The van der Waals surface area contributed by atoms with Gasteiger partial charge in [0.2, 0.25) is 10.0 Å². The van der Waals surface area contributed by atoms with Crippen LogP contribution in [0.25, 0.3) is 11.8 Å². The van der Waals surface area contributed by atoms with Crippen LogP contribution in [0.2, 0.25) is 0 Å². The Kier molecular flexibility index (Phi) is 5.33. The van der Waals surface area contributed by atoms with E-state index < -0.39 is 10.0 Å². The summed E-state index contributed by atoms with van der Waals surface area (Å²) in [6, 6.07) is 8.14. The van der Waals surface area contributed by atoms with Crippen molar-refractivity contribution in [2.45, 2.75) is 18.7 Å². The first-order valence-corrected chi connectivity index (χ1v) is 10.7. The maximum Gasteiger partial charge on any atom is 0.293 e. The van der Waals surface area contributed by atoms with Crippen molar-refractivity contribution in [1.29, 1.82) is 0 Å². The summed E-state index contributed by atoms with van der Waals surface area (Å²) in [5.41, 5.74) is 3.33. The molecule has 7 nitrogen and oxygen atoms in total. The van der Waals surface area contributed by atoms with E-state index in [1.807, 2.05) is 24.5 Å². The largest absolute Gasteiger partial charge is 0.318 e. The van der Waals surface area contributed by atoms with E-state index in [2.05, 4.69) is 6.58 Å². The second-order valence-electron chi connectivity index (χ2n) is 6.28. The van der Waals surface area contributed by atoms with Crippen molar-refractivity contribution in [1.82, 2.24) is 9.47 Å². The van der Waals surface area contributed by atoms with Crippen LogP contribution in [-0.2, 0) is 14.8 Å². The average molecular weight is 418 g/mol. The van der Waals surface area contributed by atoms with Gasteiger partial charge in [0.05, 0.1) is 9.80 Å². The minimum absolute atomic E-state index is 0.0369. The first-order chi connectivity index (χ1) is 13.1. The number of carbonyl (C=O) groups excluding carboxylic acids is 2.